The van der Waals surface area contributed by atoms with Crippen LogP contribution in [0.2, 0.25) is 0 Å². The van der Waals surface area contributed by atoms with Gasteiger partial charge in [-0.25, -0.2) is 0 Å². The van der Waals surface area contributed by atoms with E-state index in [9.17, 15) is 5.11 Å². The zero-order chi connectivity index (χ0) is 14.3. The third-order valence-electron chi connectivity index (χ3n) is 4.82. The predicted octanol–water partition coefficient (Wildman–Crippen LogP) is 4.57. The van der Waals surface area contributed by atoms with Crippen LogP contribution in [0.1, 0.15) is 56.6 Å². The Balaban J connectivity index is 2.04. The Morgan fingerprint density at radius 2 is 2.20 bits per heavy atom. The Kier molecular flexibility index (Phi) is 3.49. The average molecular weight is 272 g/mol. The van der Waals surface area contributed by atoms with Gasteiger partial charge in [-0.15, -0.1) is 0 Å². The van der Waals surface area contributed by atoms with Crippen molar-refractivity contribution in [2.24, 2.45) is 5.92 Å². The number of allylic oxidation sites excluding steroid dienone is 1. The highest BCUT2D eigenvalue weighted by Gasteiger charge is 2.40. The van der Waals surface area contributed by atoms with Crippen LogP contribution >= 0.6 is 0 Å². The molecule has 2 heteroatoms. The second-order valence-electron chi connectivity index (χ2n) is 6.39. The van der Waals surface area contributed by atoms with Gasteiger partial charge in [0.15, 0.2) is 0 Å². The summed E-state index contributed by atoms with van der Waals surface area (Å²) in [5.74, 6) is 2.20. The molecule has 1 aliphatic carbocycles. The quantitative estimate of drug-likeness (QED) is 0.817. The number of aryl methyl sites for hydroxylation is 1. The Bertz CT molecular complexity index is 532. The maximum Gasteiger partial charge on any atom is 0.127 e. The molecule has 2 nitrogen and oxygen atoms in total. The van der Waals surface area contributed by atoms with Crippen LogP contribution in [0.3, 0.4) is 0 Å². The van der Waals surface area contributed by atoms with Crippen molar-refractivity contribution in [2.45, 2.75) is 58.0 Å². The molecule has 1 aromatic rings. The highest BCUT2D eigenvalue weighted by Crippen LogP contribution is 2.52. The molecule has 1 saturated carbocycles. The predicted molar refractivity (Wildman–Crippen MR) is 81.4 cm³/mol. The molecule has 1 fully saturated rings. The fraction of sp³-hybridized carbons (Fsp3) is 0.556. The summed E-state index contributed by atoms with van der Waals surface area (Å²) in [6.45, 7) is 8.42. The molecule has 0 aromatic heterocycles. The summed E-state index contributed by atoms with van der Waals surface area (Å²) in [6, 6.07) is 4.06. The molecule has 2 aliphatic rings. The Hall–Kier alpha value is -1.44. The number of hydrogen-bond acceptors (Lipinski definition) is 2. The van der Waals surface area contributed by atoms with Crippen molar-refractivity contribution in [1.29, 1.82) is 0 Å². The fourth-order valence-electron chi connectivity index (χ4n) is 3.90. The minimum atomic E-state index is 0.319. The highest BCUT2D eigenvalue weighted by atomic mass is 16.5. The van der Waals surface area contributed by atoms with Crippen LogP contribution in [-0.2, 0) is 6.42 Å². The standard InChI is InChI=1S/C18H24O2/c1-4-5-12-8-16(19)18-15-10-13(20-17(18)9-12)6-7-14(15)11(2)3/h8-9,13-15,19H,2,4-7,10H2,1,3H3/t13?,14-,15+/m0/s1. The number of benzene rings is 1. The number of hydrogen-bond donors (Lipinski definition) is 1. The zero-order valence-electron chi connectivity index (χ0n) is 12.5. The van der Waals surface area contributed by atoms with E-state index in [1.54, 1.807) is 0 Å². The van der Waals surface area contributed by atoms with E-state index in [1.165, 1.54) is 11.1 Å². The summed E-state index contributed by atoms with van der Waals surface area (Å²) in [4.78, 5) is 0. The van der Waals surface area contributed by atoms with E-state index in [2.05, 4.69) is 26.5 Å². The fourth-order valence-corrected chi connectivity index (χ4v) is 3.90. The molecule has 0 saturated heterocycles. The van der Waals surface area contributed by atoms with Crippen molar-refractivity contribution < 1.29 is 9.84 Å². The zero-order valence-corrected chi connectivity index (χ0v) is 12.5. The number of rotatable bonds is 3. The third kappa shape index (κ3) is 2.21. The molecule has 0 radical (unpaired) electrons. The SMILES string of the molecule is C=C(C)[C@@H]1CCC2C[C@H]1c1c(O)cc(CCC)cc1O2. The normalized spacial score (nSPS) is 27.6. The van der Waals surface area contributed by atoms with Gasteiger partial charge in [0, 0.05) is 11.5 Å². The van der Waals surface area contributed by atoms with Crippen LogP contribution in [0.25, 0.3) is 0 Å². The van der Waals surface area contributed by atoms with Gasteiger partial charge in [0.05, 0.1) is 6.10 Å². The van der Waals surface area contributed by atoms with E-state index in [0.717, 1.165) is 43.4 Å². The number of phenols is 1. The number of phenolic OH excluding ortho intramolecular Hbond substituents is 1. The Labute approximate surface area is 121 Å². The minimum absolute atomic E-state index is 0.319. The third-order valence-corrected chi connectivity index (χ3v) is 4.82. The van der Waals surface area contributed by atoms with Gasteiger partial charge in [-0.2, -0.15) is 0 Å². The van der Waals surface area contributed by atoms with Crippen LogP contribution < -0.4 is 4.74 Å². The van der Waals surface area contributed by atoms with Gasteiger partial charge in [-0.3, -0.25) is 0 Å². The van der Waals surface area contributed by atoms with Crippen molar-refractivity contribution in [1.82, 2.24) is 0 Å². The lowest BCUT2D eigenvalue weighted by Crippen LogP contribution is -2.35. The number of fused-ring (bicyclic) bond motifs is 4. The van der Waals surface area contributed by atoms with Crippen LogP contribution in [0.5, 0.6) is 11.5 Å². The lowest BCUT2D eigenvalue weighted by molar-refractivity contribution is 0.0972. The van der Waals surface area contributed by atoms with Gasteiger partial charge in [-0.05, 0) is 56.2 Å². The van der Waals surface area contributed by atoms with Gasteiger partial charge >= 0.3 is 0 Å². The molecule has 0 amide bonds. The van der Waals surface area contributed by atoms with Crippen LogP contribution in [0, 0.1) is 5.92 Å². The van der Waals surface area contributed by atoms with E-state index in [-0.39, 0.29) is 0 Å². The van der Waals surface area contributed by atoms with Crippen molar-refractivity contribution >= 4 is 0 Å². The van der Waals surface area contributed by atoms with E-state index in [1.807, 2.05) is 6.07 Å². The monoisotopic (exact) mass is 272 g/mol. The van der Waals surface area contributed by atoms with Gasteiger partial charge in [-0.1, -0.05) is 25.5 Å². The summed E-state index contributed by atoms with van der Waals surface area (Å²) in [5.41, 5.74) is 3.43. The number of aromatic hydroxyl groups is 1. The van der Waals surface area contributed by atoms with Crippen molar-refractivity contribution in [2.75, 3.05) is 0 Å². The molecule has 108 valence electrons. The first kappa shape index (κ1) is 13.5. The second-order valence-corrected chi connectivity index (χ2v) is 6.39. The molecule has 3 atom stereocenters. The van der Waals surface area contributed by atoms with Gasteiger partial charge in [0.25, 0.3) is 0 Å². The summed E-state index contributed by atoms with van der Waals surface area (Å²) in [5, 5.41) is 10.5. The van der Waals surface area contributed by atoms with Gasteiger partial charge < -0.3 is 9.84 Å². The first-order valence-electron chi connectivity index (χ1n) is 7.78. The molecule has 2 bridgehead atoms. The second kappa shape index (κ2) is 5.16. The van der Waals surface area contributed by atoms with Crippen LogP contribution in [0.4, 0.5) is 0 Å². The van der Waals surface area contributed by atoms with Crippen LogP contribution in [0.15, 0.2) is 24.3 Å². The molecular formula is C18H24O2. The summed E-state index contributed by atoms with van der Waals surface area (Å²) in [7, 11) is 0. The Morgan fingerprint density at radius 1 is 1.40 bits per heavy atom. The first-order chi connectivity index (χ1) is 9.60. The minimum Gasteiger partial charge on any atom is -0.508 e. The highest BCUT2D eigenvalue weighted by molar-refractivity contribution is 5.52. The molecule has 1 heterocycles. The molecule has 3 rings (SSSR count). The van der Waals surface area contributed by atoms with E-state index in [0.29, 0.717) is 23.7 Å². The summed E-state index contributed by atoms with van der Waals surface area (Å²) < 4.78 is 6.11. The topological polar surface area (TPSA) is 29.5 Å². The van der Waals surface area contributed by atoms with Gasteiger partial charge in [0.1, 0.15) is 11.5 Å². The van der Waals surface area contributed by atoms with Crippen LogP contribution in [-0.4, -0.2) is 11.2 Å². The Morgan fingerprint density at radius 3 is 2.90 bits per heavy atom. The summed E-state index contributed by atoms with van der Waals surface area (Å²) in [6.07, 6.45) is 5.64. The largest absolute Gasteiger partial charge is 0.508 e. The maximum absolute atomic E-state index is 10.5. The van der Waals surface area contributed by atoms with Crippen molar-refractivity contribution in [3.05, 3.63) is 35.4 Å². The first-order valence-corrected chi connectivity index (χ1v) is 7.78. The average Bonchev–Trinajstić information content (AvgIpc) is 2.38. The number of ether oxygens (including phenoxy) is 1. The molecule has 1 aliphatic heterocycles. The van der Waals surface area contributed by atoms with Gasteiger partial charge in [0.2, 0.25) is 0 Å². The lowest BCUT2D eigenvalue weighted by atomic mass is 9.69. The molecule has 20 heavy (non-hydrogen) atoms. The molecule has 0 spiro atoms. The smallest absolute Gasteiger partial charge is 0.127 e. The molecule has 1 aromatic carbocycles. The molecule has 1 unspecified atom stereocenters. The maximum atomic E-state index is 10.5. The summed E-state index contributed by atoms with van der Waals surface area (Å²) >= 11 is 0. The molecule has 1 N–H and O–H groups in total. The lowest BCUT2D eigenvalue weighted by Gasteiger charge is -2.42. The van der Waals surface area contributed by atoms with E-state index in [4.69, 9.17) is 4.74 Å². The van der Waals surface area contributed by atoms with Crippen molar-refractivity contribution in [3.8, 4) is 11.5 Å². The van der Waals surface area contributed by atoms with E-state index < -0.39 is 0 Å². The van der Waals surface area contributed by atoms with Crippen molar-refractivity contribution in [3.63, 3.8) is 0 Å². The van der Waals surface area contributed by atoms with E-state index >= 15 is 0 Å². The molecular weight excluding hydrogens is 248 g/mol.